The van der Waals surface area contributed by atoms with Gasteiger partial charge in [-0.2, -0.15) is 0 Å². The fourth-order valence-corrected chi connectivity index (χ4v) is 7.12. The predicted octanol–water partition coefficient (Wildman–Crippen LogP) is 5.75. The third-order valence-corrected chi connectivity index (χ3v) is 8.01. The number of carboxylic acid groups (broad SMARTS) is 1. The van der Waals surface area contributed by atoms with Crippen LogP contribution in [0.2, 0.25) is 0 Å². The molecule has 4 aliphatic rings. The molecule has 3 nitrogen and oxygen atoms in total. The maximum Gasteiger partial charge on any atom is 0.335 e. The highest BCUT2D eigenvalue weighted by molar-refractivity contribution is 5.91. The summed E-state index contributed by atoms with van der Waals surface area (Å²) in [6.07, 6.45) is 7.69. The Kier molecular flexibility index (Phi) is 3.80. The number of fused-ring (bicyclic) bond motifs is 1. The zero-order chi connectivity index (χ0) is 20.5. The van der Waals surface area contributed by atoms with Crippen molar-refractivity contribution in [3.05, 3.63) is 65.7 Å². The molecule has 0 atom stereocenters. The van der Waals surface area contributed by atoms with Crippen LogP contribution >= 0.6 is 0 Å². The summed E-state index contributed by atoms with van der Waals surface area (Å²) >= 11 is 0. The topological polar surface area (TPSA) is 60.4 Å². The summed E-state index contributed by atoms with van der Waals surface area (Å²) in [7, 11) is 0. The van der Waals surface area contributed by atoms with Crippen LogP contribution < -0.4 is 5.11 Å². The lowest BCUT2D eigenvalue weighted by Gasteiger charge is -2.58. The summed E-state index contributed by atoms with van der Waals surface area (Å²) < 4.78 is 0. The van der Waals surface area contributed by atoms with E-state index in [1.807, 2.05) is 30.3 Å². The van der Waals surface area contributed by atoms with Crippen molar-refractivity contribution < 1.29 is 15.0 Å². The molecule has 0 aromatic heterocycles. The largest absolute Gasteiger partial charge is 0.872 e. The van der Waals surface area contributed by atoms with E-state index in [-0.39, 0.29) is 11.2 Å². The number of hydrogen-bond acceptors (Lipinski definition) is 2. The van der Waals surface area contributed by atoms with Crippen molar-refractivity contribution in [3.63, 3.8) is 0 Å². The molecule has 4 fully saturated rings. The second-order valence-corrected chi connectivity index (χ2v) is 9.99. The first-order chi connectivity index (χ1) is 14.5. The molecular formula is C27H25O3-. The molecule has 0 aliphatic heterocycles. The molecule has 0 radical (unpaired) electrons. The minimum Gasteiger partial charge on any atom is -0.872 e. The predicted molar refractivity (Wildman–Crippen MR) is 116 cm³/mol. The van der Waals surface area contributed by atoms with Crippen molar-refractivity contribution in [2.45, 2.75) is 43.9 Å². The van der Waals surface area contributed by atoms with E-state index in [0.29, 0.717) is 5.56 Å². The van der Waals surface area contributed by atoms with E-state index in [1.54, 1.807) is 12.1 Å². The van der Waals surface area contributed by atoms with E-state index >= 15 is 0 Å². The van der Waals surface area contributed by atoms with Crippen molar-refractivity contribution in [2.75, 3.05) is 0 Å². The van der Waals surface area contributed by atoms with Crippen molar-refractivity contribution in [1.82, 2.24) is 0 Å². The summed E-state index contributed by atoms with van der Waals surface area (Å²) in [5, 5.41) is 24.4. The van der Waals surface area contributed by atoms with Crippen molar-refractivity contribution in [2.24, 2.45) is 17.8 Å². The van der Waals surface area contributed by atoms with Gasteiger partial charge in [-0.3, -0.25) is 0 Å². The van der Waals surface area contributed by atoms with Crippen LogP contribution in [0, 0.1) is 17.8 Å². The molecule has 3 aromatic rings. The Morgan fingerprint density at radius 1 is 0.800 bits per heavy atom. The lowest BCUT2D eigenvalue weighted by Crippen LogP contribution is -2.48. The van der Waals surface area contributed by atoms with Crippen LogP contribution in [-0.2, 0) is 5.41 Å². The van der Waals surface area contributed by atoms with Crippen LogP contribution in [0.4, 0.5) is 0 Å². The number of rotatable bonds is 3. The molecule has 3 aromatic carbocycles. The molecule has 3 heteroatoms. The van der Waals surface area contributed by atoms with Gasteiger partial charge in [-0.05, 0) is 107 Å². The van der Waals surface area contributed by atoms with Crippen LogP contribution in [0.25, 0.3) is 21.9 Å². The van der Waals surface area contributed by atoms with E-state index < -0.39 is 5.97 Å². The van der Waals surface area contributed by atoms with Gasteiger partial charge in [-0.1, -0.05) is 36.4 Å². The van der Waals surface area contributed by atoms with E-state index in [1.165, 1.54) is 38.5 Å². The van der Waals surface area contributed by atoms with E-state index in [0.717, 1.165) is 45.2 Å². The summed E-state index contributed by atoms with van der Waals surface area (Å²) in [6.45, 7) is 0. The molecule has 0 saturated heterocycles. The van der Waals surface area contributed by atoms with Crippen molar-refractivity contribution in [1.29, 1.82) is 0 Å². The second kappa shape index (κ2) is 6.34. The van der Waals surface area contributed by atoms with Gasteiger partial charge in [0.15, 0.2) is 0 Å². The summed E-state index contributed by atoms with van der Waals surface area (Å²) in [4.78, 5) is 11.1. The van der Waals surface area contributed by atoms with E-state index in [2.05, 4.69) is 12.1 Å². The first kappa shape index (κ1) is 18.0. The SMILES string of the molecule is O=C(O)c1ccc(-c2ccc3cc([O-])c(C45CC6CC(CC(C6)C4)C5)cc3c2)cc1. The van der Waals surface area contributed by atoms with Crippen LogP contribution in [0.5, 0.6) is 5.75 Å². The quantitative estimate of drug-likeness (QED) is 0.612. The van der Waals surface area contributed by atoms with Crippen LogP contribution in [-0.4, -0.2) is 11.1 Å². The number of aromatic carboxylic acids is 1. The van der Waals surface area contributed by atoms with E-state index in [4.69, 9.17) is 5.11 Å². The first-order valence-electron chi connectivity index (χ1n) is 11.1. The molecular weight excluding hydrogens is 372 g/mol. The smallest absolute Gasteiger partial charge is 0.335 e. The number of carbonyl (C=O) groups is 1. The van der Waals surface area contributed by atoms with Gasteiger partial charge < -0.3 is 10.2 Å². The third kappa shape index (κ3) is 2.75. The average Bonchev–Trinajstić information content (AvgIpc) is 2.72. The maximum absolute atomic E-state index is 13.1. The minimum atomic E-state index is -0.914. The summed E-state index contributed by atoms with van der Waals surface area (Å²) in [6, 6.07) is 17.2. The Labute approximate surface area is 176 Å². The summed E-state index contributed by atoms with van der Waals surface area (Å²) in [5.74, 6) is 1.73. The number of benzene rings is 3. The Morgan fingerprint density at radius 2 is 1.40 bits per heavy atom. The number of hydrogen-bond donors (Lipinski definition) is 1. The maximum atomic E-state index is 13.1. The molecule has 7 rings (SSSR count). The van der Waals surface area contributed by atoms with Gasteiger partial charge in [0.1, 0.15) is 0 Å². The standard InChI is InChI=1S/C27H26O3/c28-25-12-22-6-5-21(19-1-3-20(4-2-19)26(29)30)10-23(22)11-24(25)27-13-16-7-17(14-27)9-18(8-16)15-27/h1-6,10-12,16-18,28H,7-9,13-15H2,(H,29,30)/p-1. The minimum absolute atomic E-state index is 0.0964. The lowest BCUT2D eigenvalue weighted by molar-refractivity contribution is -0.270. The molecule has 4 bridgehead atoms. The highest BCUT2D eigenvalue weighted by atomic mass is 16.4. The Balaban J connectivity index is 1.42. The van der Waals surface area contributed by atoms with E-state index in [9.17, 15) is 9.90 Å². The van der Waals surface area contributed by atoms with Gasteiger partial charge in [0, 0.05) is 0 Å². The average molecular weight is 397 g/mol. The van der Waals surface area contributed by atoms with Crippen LogP contribution in [0.1, 0.15) is 54.4 Å². The molecule has 4 aliphatic carbocycles. The number of carboxylic acids is 1. The Hall–Kier alpha value is -2.81. The molecule has 0 spiro atoms. The van der Waals surface area contributed by atoms with Gasteiger partial charge in [0.05, 0.1) is 5.56 Å². The van der Waals surface area contributed by atoms with Gasteiger partial charge in [0.25, 0.3) is 0 Å². The molecule has 0 unspecified atom stereocenters. The highest BCUT2D eigenvalue weighted by Gasteiger charge is 2.51. The zero-order valence-electron chi connectivity index (χ0n) is 16.9. The van der Waals surface area contributed by atoms with Crippen molar-refractivity contribution >= 4 is 16.7 Å². The monoisotopic (exact) mass is 397 g/mol. The lowest BCUT2D eigenvalue weighted by atomic mass is 9.48. The fourth-order valence-electron chi connectivity index (χ4n) is 7.12. The van der Waals surface area contributed by atoms with Gasteiger partial charge in [0.2, 0.25) is 0 Å². The second-order valence-electron chi connectivity index (χ2n) is 9.99. The highest BCUT2D eigenvalue weighted by Crippen LogP contribution is 2.61. The molecule has 0 amide bonds. The third-order valence-electron chi connectivity index (χ3n) is 8.01. The molecule has 0 heterocycles. The van der Waals surface area contributed by atoms with Gasteiger partial charge in [-0.25, -0.2) is 4.79 Å². The normalized spacial score (nSPS) is 29.4. The molecule has 1 N–H and O–H groups in total. The molecule has 30 heavy (non-hydrogen) atoms. The van der Waals surface area contributed by atoms with Crippen molar-refractivity contribution in [3.8, 4) is 16.9 Å². The zero-order valence-corrected chi connectivity index (χ0v) is 16.9. The van der Waals surface area contributed by atoms with Gasteiger partial charge >= 0.3 is 5.97 Å². The molecule has 152 valence electrons. The Morgan fingerprint density at radius 3 is 2.00 bits per heavy atom. The first-order valence-corrected chi connectivity index (χ1v) is 11.1. The van der Waals surface area contributed by atoms with Crippen LogP contribution in [0.15, 0.2) is 54.6 Å². The Bertz CT molecular complexity index is 1120. The summed E-state index contributed by atoms with van der Waals surface area (Å²) in [5.41, 5.74) is 3.48. The fraction of sp³-hybridized carbons (Fsp3) is 0.370. The molecule has 4 saturated carbocycles. The van der Waals surface area contributed by atoms with Crippen LogP contribution in [0.3, 0.4) is 0 Å². The van der Waals surface area contributed by atoms with Gasteiger partial charge in [-0.15, -0.1) is 5.75 Å².